The molecule has 0 aromatic heterocycles. The average Bonchev–Trinajstić information content (AvgIpc) is 2.82. The van der Waals surface area contributed by atoms with Gasteiger partial charge in [-0.15, -0.1) is 0 Å². The first-order valence-electron chi connectivity index (χ1n) is 6.82. The van der Waals surface area contributed by atoms with E-state index >= 15 is 0 Å². The Hall–Kier alpha value is -0.610. The number of nitrogens with one attached hydrogen (secondary N) is 1. The molecule has 0 radical (unpaired) electrons. The summed E-state index contributed by atoms with van der Waals surface area (Å²) < 4.78 is 0. The number of carbonyl (C=O) groups is 1. The summed E-state index contributed by atoms with van der Waals surface area (Å²) in [7, 11) is 3.67. The fraction of sp³-hybridized carbons (Fsp3) is 0.923. The molecule has 4 heteroatoms. The molecule has 2 heterocycles. The van der Waals surface area contributed by atoms with Crippen LogP contribution in [0.5, 0.6) is 0 Å². The predicted octanol–water partition coefficient (Wildman–Crippen LogP) is 0.539. The van der Waals surface area contributed by atoms with Crippen LogP contribution in [-0.4, -0.2) is 62.0 Å². The number of likely N-dealkylation sites (N-methyl/N-ethyl adjacent to an activating group) is 1. The van der Waals surface area contributed by atoms with Crippen molar-refractivity contribution in [2.45, 2.75) is 31.7 Å². The summed E-state index contributed by atoms with van der Waals surface area (Å²) in [6.07, 6.45) is 5.20. The number of hydrogen-bond donors (Lipinski definition) is 1. The largest absolute Gasteiger partial charge is 0.348 e. The van der Waals surface area contributed by atoms with Crippen molar-refractivity contribution < 1.29 is 4.79 Å². The first kappa shape index (κ1) is 12.8. The van der Waals surface area contributed by atoms with Crippen molar-refractivity contribution in [2.24, 2.45) is 5.92 Å². The van der Waals surface area contributed by atoms with Crippen molar-refractivity contribution in [3.05, 3.63) is 0 Å². The lowest BCUT2D eigenvalue weighted by molar-refractivity contribution is -0.130. The van der Waals surface area contributed by atoms with Gasteiger partial charge in [-0.1, -0.05) is 0 Å². The van der Waals surface area contributed by atoms with Crippen LogP contribution >= 0.6 is 0 Å². The Morgan fingerprint density at radius 2 is 2.18 bits per heavy atom. The lowest BCUT2D eigenvalue weighted by atomic mass is 9.90. The normalized spacial score (nSPS) is 30.5. The van der Waals surface area contributed by atoms with Crippen LogP contribution in [0.4, 0.5) is 0 Å². The summed E-state index contributed by atoms with van der Waals surface area (Å²) in [6, 6.07) is 0.701. The smallest absolute Gasteiger partial charge is 0.236 e. The zero-order chi connectivity index (χ0) is 12.3. The van der Waals surface area contributed by atoms with Crippen LogP contribution in [0.1, 0.15) is 25.7 Å². The van der Waals surface area contributed by atoms with Crippen molar-refractivity contribution in [3.8, 4) is 0 Å². The van der Waals surface area contributed by atoms with Gasteiger partial charge < -0.3 is 10.2 Å². The van der Waals surface area contributed by atoms with Gasteiger partial charge in [-0.25, -0.2) is 0 Å². The highest BCUT2D eigenvalue weighted by molar-refractivity contribution is 5.77. The first-order valence-corrected chi connectivity index (χ1v) is 6.82. The molecule has 1 N–H and O–H groups in total. The zero-order valence-electron chi connectivity index (χ0n) is 11.1. The third kappa shape index (κ3) is 3.42. The molecule has 4 nitrogen and oxygen atoms in total. The van der Waals surface area contributed by atoms with Gasteiger partial charge in [-0.3, -0.25) is 9.69 Å². The van der Waals surface area contributed by atoms with Crippen LogP contribution in [0, 0.1) is 5.92 Å². The minimum absolute atomic E-state index is 0.227. The molecule has 0 spiro atoms. The summed E-state index contributed by atoms with van der Waals surface area (Å²) in [6.45, 7) is 3.95. The Kier molecular flexibility index (Phi) is 4.40. The number of piperidine rings is 1. The lowest BCUT2D eigenvalue weighted by Gasteiger charge is -2.35. The van der Waals surface area contributed by atoms with Gasteiger partial charge in [0.2, 0.25) is 5.91 Å². The second-order valence-electron chi connectivity index (χ2n) is 5.63. The molecule has 1 amide bonds. The Bertz CT molecular complexity index is 261. The molecule has 2 atom stereocenters. The van der Waals surface area contributed by atoms with Gasteiger partial charge in [0, 0.05) is 26.7 Å². The van der Waals surface area contributed by atoms with Crippen LogP contribution in [0.25, 0.3) is 0 Å². The molecular formula is C13H25N3O. The summed E-state index contributed by atoms with van der Waals surface area (Å²) >= 11 is 0. The molecule has 2 fully saturated rings. The molecule has 17 heavy (non-hydrogen) atoms. The minimum atomic E-state index is 0.227. The maximum Gasteiger partial charge on any atom is 0.236 e. The van der Waals surface area contributed by atoms with Gasteiger partial charge in [-0.05, 0) is 44.7 Å². The van der Waals surface area contributed by atoms with Crippen LogP contribution in [-0.2, 0) is 4.79 Å². The Labute approximate surface area is 104 Å². The van der Waals surface area contributed by atoms with Gasteiger partial charge in [-0.2, -0.15) is 0 Å². The first-order chi connectivity index (χ1) is 8.16. The average molecular weight is 239 g/mol. The highest BCUT2D eigenvalue weighted by atomic mass is 16.2. The van der Waals surface area contributed by atoms with Crippen LogP contribution in [0.15, 0.2) is 0 Å². The number of rotatable bonds is 3. The molecule has 0 aromatic rings. The Morgan fingerprint density at radius 3 is 2.82 bits per heavy atom. The second-order valence-corrected chi connectivity index (χ2v) is 5.63. The molecule has 2 aliphatic heterocycles. The highest BCUT2D eigenvalue weighted by Gasteiger charge is 2.29. The Morgan fingerprint density at radius 1 is 1.35 bits per heavy atom. The van der Waals surface area contributed by atoms with E-state index in [2.05, 4.69) is 10.2 Å². The van der Waals surface area contributed by atoms with Crippen LogP contribution in [0.2, 0.25) is 0 Å². The maximum absolute atomic E-state index is 11.7. The Balaban J connectivity index is 1.82. The molecule has 0 aliphatic carbocycles. The fourth-order valence-corrected chi connectivity index (χ4v) is 3.01. The van der Waals surface area contributed by atoms with E-state index in [1.54, 1.807) is 4.90 Å². The van der Waals surface area contributed by atoms with Crippen molar-refractivity contribution in [2.75, 3.05) is 40.3 Å². The number of carbonyl (C=O) groups excluding carboxylic acids is 1. The van der Waals surface area contributed by atoms with Gasteiger partial charge in [0.1, 0.15) is 0 Å². The number of likely N-dealkylation sites (tertiary alicyclic amines) is 1. The quantitative estimate of drug-likeness (QED) is 0.781. The zero-order valence-corrected chi connectivity index (χ0v) is 11.1. The monoisotopic (exact) mass is 239 g/mol. The standard InChI is InChI=1S/C13H25N3O/c1-15(2)13(17)10-16-8-4-5-11(9-16)12-6-3-7-14-12/h11-12,14H,3-10H2,1-2H3. The van der Waals surface area contributed by atoms with Gasteiger partial charge in [0.25, 0.3) is 0 Å². The second kappa shape index (κ2) is 5.83. The lowest BCUT2D eigenvalue weighted by Crippen LogP contribution is -2.46. The van der Waals surface area contributed by atoms with Crippen molar-refractivity contribution in [1.29, 1.82) is 0 Å². The van der Waals surface area contributed by atoms with E-state index in [0.717, 1.165) is 19.0 Å². The molecule has 2 saturated heterocycles. The molecule has 2 unspecified atom stereocenters. The van der Waals surface area contributed by atoms with Crippen molar-refractivity contribution in [1.82, 2.24) is 15.1 Å². The van der Waals surface area contributed by atoms with E-state index < -0.39 is 0 Å². The van der Waals surface area contributed by atoms with Gasteiger partial charge in [0.05, 0.1) is 6.54 Å². The van der Waals surface area contributed by atoms with Crippen molar-refractivity contribution >= 4 is 5.91 Å². The van der Waals surface area contributed by atoms with E-state index in [1.165, 1.54) is 32.2 Å². The summed E-state index contributed by atoms with van der Waals surface area (Å²) in [5.74, 6) is 0.978. The molecule has 2 aliphatic rings. The van der Waals surface area contributed by atoms with E-state index in [4.69, 9.17) is 0 Å². The van der Waals surface area contributed by atoms with Crippen molar-refractivity contribution in [3.63, 3.8) is 0 Å². The highest BCUT2D eigenvalue weighted by Crippen LogP contribution is 2.24. The van der Waals surface area contributed by atoms with E-state index in [9.17, 15) is 4.79 Å². The number of amides is 1. The molecule has 0 bridgehead atoms. The third-order valence-corrected chi connectivity index (χ3v) is 4.07. The van der Waals surface area contributed by atoms with E-state index in [1.807, 2.05) is 14.1 Å². The molecule has 0 saturated carbocycles. The molecule has 2 rings (SSSR count). The number of hydrogen-bond acceptors (Lipinski definition) is 3. The number of nitrogens with zero attached hydrogens (tertiary/aromatic N) is 2. The van der Waals surface area contributed by atoms with Crippen LogP contribution in [0.3, 0.4) is 0 Å². The van der Waals surface area contributed by atoms with Gasteiger partial charge >= 0.3 is 0 Å². The van der Waals surface area contributed by atoms with E-state index in [0.29, 0.717) is 12.6 Å². The van der Waals surface area contributed by atoms with Crippen LogP contribution < -0.4 is 5.32 Å². The van der Waals surface area contributed by atoms with Gasteiger partial charge in [0.15, 0.2) is 0 Å². The topological polar surface area (TPSA) is 35.6 Å². The summed E-state index contributed by atoms with van der Waals surface area (Å²) in [5.41, 5.74) is 0. The predicted molar refractivity (Wildman–Crippen MR) is 68.9 cm³/mol. The maximum atomic E-state index is 11.7. The summed E-state index contributed by atoms with van der Waals surface area (Å²) in [4.78, 5) is 15.7. The van der Waals surface area contributed by atoms with E-state index in [-0.39, 0.29) is 5.91 Å². The fourth-order valence-electron chi connectivity index (χ4n) is 3.01. The molecule has 0 aromatic carbocycles. The molecular weight excluding hydrogens is 214 g/mol. The molecule has 98 valence electrons. The minimum Gasteiger partial charge on any atom is -0.348 e. The third-order valence-electron chi connectivity index (χ3n) is 4.07. The SMILES string of the molecule is CN(C)C(=O)CN1CCCC(C2CCCN2)C1. The summed E-state index contributed by atoms with van der Waals surface area (Å²) in [5, 5.41) is 3.60.